The summed E-state index contributed by atoms with van der Waals surface area (Å²) in [4.78, 5) is 2.64. The summed E-state index contributed by atoms with van der Waals surface area (Å²) in [6.07, 6.45) is 4.13. The number of nitrogens with zero attached hydrogens (tertiary/aromatic N) is 1. The molecule has 1 saturated heterocycles. The van der Waals surface area contributed by atoms with Crippen molar-refractivity contribution in [2.45, 2.75) is 31.3 Å². The Bertz CT molecular complexity index is 359. The van der Waals surface area contributed by atoms with Crippen molar-refractivity contribution < 1.29 is 0 Å². The summed E-state index contributed by atoms with van der Waals surface area (Å²) in [5.41, 5.74) is 1.24. The quantitative estimate of drug-likeness (QED) is 0.916. The van der Waals surface area contributed by atoms with Crippen LogP contribution in [0.1, 0.15) is 19.3 Å². The van der Waals surface area contributed by atoms with Crippen LogP contribution in [0.5, 0.6) is 0 Å². The lowest BCUT2D eigenvalue weighted by Gasteiger charge is -2.16. The number of rotatable bonds is 3. The van der Waals surface area contributed by atoms with Crippen LogP contribution in [0.25, 0.3) is 0 Å². The van der Waals surface area contributed by atoms with Crippen LogP contribution in [-0.4, -0.2) is 30.1 Å². The van der Waals surface area contributed by atoms with Crippen molar-refractivity contribution in [3.8, 4) is 0 Å². The van der Waals surface area contributed by atoms with Gasteiger partial charge in [-0.3, -0.25) is 4.90 Å². The van der Waals surface area contributed by atoms with Crippen molar-refractivity contribution in [3.05, 3.63) is 28.7 Å². The van der Waals surface area contributed by atoms with Gasteiger partial charge in [0.1, 0.15) is 0 Å². The second-order valence-electron chi connectivity index (χ2n) is 4.86. The molecule has 1 aliphatic heterocycles. The Labute approximate surface area is 105 Å². The minimum atomic E-state index is 0.641. The molecule has 2 aliphatic rings. The molecule has 2 fully saturated rings. The van der Waals surface area contributed by atoms with E-state index >= 15 is 0 Å². The molecule has 1 unspecified atom stereocenters. The third-order valence-electron chi connectivity index (χ3n) is 3.50. The van der Waals surface area contributed by atoms with Gasteiger partial charge in [-0.05, 0) is 43.5 Å². The Morgan fingerprint density at radius 3 is 2.56 bits per heavy atom. The van der Waals surface area contributed by atoms with E-state index in [1.807, 2.05) is 0 Å². The van der Waals surface area contributed by atoms with E-state index in [2.05, 4.69) is 50.4 Å². The summed E-state index contributed by atoms with van der Waals surface area (Å²) >= 11 is 3.46. The van der Waals surface area contributed by atoms with E-state index in [9.17, 15) is 0 Å². The molecule has 1 N–H and O–H groups in total. The number of likely N-dealkylation sites (tertiary alicyclic amines) is 1. The summed E-state index contributed by atoms with van der Waals surface area (Å²) in [5.74, 6) is 0. The maximum atomic E-state index is 3.62. The highest BCUT2D eigenvalue weighted by Crippen LogP contribution is 2.30. The van der Waals surface area contributed by atoms with Crippen LogP contribution in [0, 0.1) is 0 Å². The summed E-state index contributed by atoms with van der Waals surface area (Å²) in [5, 5.41) is 3.62. The first-order valence-electron chi connectivity index (χ1n) is 6.07. The molecule has 1 aromatic rings. The monoisotopic (exact) mass is 280 g/mol. The molecule has 16 heavy (non-hydrogen) atoms. The predicted octanol–water partition coefficient (Wildman–Crippen LogP) is 3.10. The Balaban J connectivity index is 1.57. The molecule has 0 radical (unpaired) electrons. The molecule has 1 saturated carbocycles. The van der Waals surface area contributed by atoms with Crippen molar-refractivity contribution in [2.75, 3.05) is 18.4 Å². The summed E-state index contributed by atoms with van der Waals surface area (Å²) in [6.45, 7) is 2.50. The molecular weight excluding hydrogens is 264 g/mol. The minimum absolute atomic E-state index is 0.641. The average Bonchev–Trinajstić information content (AvgIpc) is 3.04. The highest BCUT2D eigenvalue weighted by Gasteiger charge is 2.34. The number of nitrogens with one attached hydrogen (secondary N) is 1. The number of halogens is 1. The zero-order chi connectivity index (χ0) is 11.0. The number of hydrogen-bond acceptors (Lipinski definition) is 2. The highest BCUT2D eigenvalue weighted by molar-refractivity contribution is 9.10. The fraction of sp³-hybridized carbons (Fsp3) is 0.538. The van der Waals surface area contributed by atoms with Gasteiger partial charge in [0, 0.05) is 35.3 Å². The Morgan fingerprint density at radius 1 is 1.12 bits per heavy atom. The van der Waals surface area contributed by atoms with Gasteiger partial charge in [-0.1, -0.05) is 15.9 Å². The van der Waals surface area contributed by atoms with Gasteiger partial charge in [-0.2, -0.15) is 0 Å². The molecule has 1 atom stereocenters. The van der Waals surface area contributed by atoms with Gasteiger partial charge >= 0.3 is 0 Å². The van der Waals surface area contributed by atoms with Crippen LogP contribution in [0.15, 0.2) is 28.7 Å². The van der Waals surface area contributed by atoms with E-state index in [0.717, 1.165) is 10.5 Å². The van der Waals surface area contributed by atoms with Gasteiger partial charge in [0.2, 0.25) is 0 Å². The van der Waals surface area contributed by atoms with Crippen LogP contribution in [-0.2, 0) is 0 Å². The zero-order valence-corrected chi connectivity index (χ0v) is 10.9. The highest BCUT2D eigenvalue weighted by atomic mass is 79.9. The first kappa shape index (κ1) is 10.6. The molecule has 0 spiro atoms. The van der Waals surface area contributed by atoms with Crippen molar-refractivity contribution >= 4 is 21.6 Å². The normalized spacial score (nSPS) is 25.9. The van der Waals surface area contributed by atoms with Crippen molar-refractivity contribution in [1.82, 2.24) is 4.90 Å². The lowest BCUT2D eigenvalue weighted by molar-refractivity contribution is 0.326. The second kappa shape index (κ2) is 4.38. The van der Waals surface area contributed by atoms with E-state index in [1.165, 1.54) is 38.0 Å². The third-order valence-corrected chi connectivity index (χ3v) is 4.03. The molecule has 2 nitrogen and oxygen atoms in total. The Kier molecular flexibility index (Phi) is 2.90. The zero-order valence-electron chi connectivity index (χ0n) is 9.32. The number of anilines is 1. The predicted molar refractivity (Wildman–Crippen MR) is 70.8 cm³/mol. The van der Waals surface area contributed by atoms with Crippen molar-refractivity contribution in [1.29, 1.82) is 0 Å². The van der Waals surface area contributed by atoms with E-state index in [-0.39, 0.29) is 0 Å². The minimum Gasteiger partial charge on any atom is -0.381 e. The molecule has 86 valence electrons. The standard InChI is InChI=1S/C13H17BrN2/c14-10-1-3-11(4-2-10)15-12-7-8-16(9-12)13-5-6-13/h1-4,12-13,15H,5-9H2. The smallest absolute Gasteiger partial charge is 0.0400 e. The molecule has 3 rings (SSSR count). The molecule has 0 bridgehead atoms. The van der Waals surface area contributed by atoms with Crippen LogP contribution < -0.4 is 5.32 Å². The topological polar surface area (TPSA) is 15.3 Å². The summed E-state index contributed by atoms with van der Waals surface area (Å²) in [6, 6.07) is 10.0. The maximum Gasteiger partial charge on any atom is 0.0400 e. The van der Waals surface area contributed by atoms with Gasteiger partial charge in [0.15, 0.2) is 0 Å². The molecule has 1 aliphatic carbocycles. The van der Waals surface area contributed by atoms with E-state index in [1.54, 1.807) is 0 Å². The van der Waals surface area contributed by atoms with Crippen molar-refractivity contribution in [2.24, 2.45) is 0 Å². The van der Waals surface area contributed by atoms with Gasteiger partial charge in [0.05, 0.1) is 0 Å². The molecule has 0 amide bonds. The lowest BCUT2D eigenvalue weighted by atomic mass is 10.2. The van der Waals surface area contributed by atoms with Crippen molar-refractivity contribution in [3.63, 3.8) is 0 Å². The fourth-order valence-electron chi connectivity index (χ4n) is 2.46. The lowest BCUT2D eigenvalue weighted by Crippen LogP contribution is -2.27. The third kappa shape index (κ3) is 2.41. The maximum absolute atomic E-state index is 3.62. The van der Waals surface area contributed by atoms with E-state index in [4.69, 9.17) is 0 Å². The molecular formula is C13H17BrN2. The van der Waals surface area contributed by atoms with Crippen LogP contribution in [0.4, 0.5) is 5.69 Å². The molecule has 0 aromatic heterocycles. The second-order valence-corrected chi connectivity index (χ2v) is 5.78. The molecule has 1 heterocycles. The van der Waals surface area contributed by atoms with Gasteiger partial charge in [0.25, 0.3) is 0 Å². The van der Waals surface area contributed by atoms with Crippen LogP contribution in [0.2, 0.25) is 0 Å². The average molecular weight is 281 g/mol. The van der Waals surface area contributed by atoms with Crippen LogP contribution in [0.3, 0.4) is 0 Å². The van der Waals surface area contributed by atoms with E-state index in [0.29, 0.717) is 6.04 Å². The molecule has 3 heteroatoms. The summed E-state index contributed by atoms with van der Waals surface area (Å²) < 4.78 is 1.14. The number of benzene rings is 1. The fourth-order valence-corrected chi connectivity index (χ4v) is 2.72. The van der Waals surface area contributed by atoms with Gasteiger partial charge in [-0.15, -0.1) is 0 Å². The summed E-state index contributed by atoms with van der Waals surface area (Å²) in [7, 11) is 0. The Hall–Kier alpha value is -0.540. The van der Waals surface area contributed by atoms with Crippen LogP contribution >= 0.6 is 15.9 Å². The first-order valence-corrected chi connectivity index (χ1v) is 6.87. The number of hydrogen-bond donors (Lipinski definition) is 1. The Morgan fingerprint density at radius 2 is 1.88 bits per heavy atom. The largest absolute Gasteiger partial charge is 0.381 e. The van der Waals surface area contributed by atoms with Gasteiger partial charge < -0.3 is 5.32 Å². The first-order chi connectivity index (χ1) is 7.81. The molecule has 1 aromatic carbocycles. The van der Waals surface area contributed by atoms with E-state index < -0.39 is 0 Å². The van der Waals surface area contributed by atoms with Gasteiger partial charge in [-0.25, -0.2) is 0 Å². The SMILES string of the molecule is Brc1ccc(NC2CCN(C3CC3)C2)cc1.